The first-order valence-electron chi connectivity index (χ1n) is 9.80. The van der Waals surface area contributed by atoms with Crippen molar-refractivity contribution < 1.29 is 4.74 Å². The maximum atomic E-state index is 5.85. The average Bonchev–Trinajstić information content (AvgIpc) is 3.17. The Kier molecular flexibility index (Phi) is 2.69. The van der Waals surface area contributed by atoms with Crippen molar-refractivity contribution >= 4 is 0 Å². The predicted molar refractivity (Wildman–Crippen MR) is 89.6 cm³/mol. The molecular weight excluding hydrogens is 268 g/mol. The van der Waals surface area contributed by atoms with Gasteiger partial charge in [0.25, 0.3) is 0 Å². The molecule has 22 heavy (non-hydrogen) atoms. The third-order valence-corrected chi connectivity index (χ3v) is 8.76. The first-order chi connectivity index (χ1) is 10.4. The van der Waals surface area contributed by atoms with Gasteiger partial charge in [-0.1, -0.05) is 31.9 Å². The molecule has 5 aliphatic rings. The summed E-state index contributed by atoms with van der Waals surface area (Å²) in [4.78, 5) is 0. The molecule has 4 aliphatic carbocycles. The van der Waals surface area contributed by atoms with Crippen LogP contribution < -0.4 is 0 Å². The van der Waals surface area contributed by atoms with E-state index < -0.39 is 0 Å². The highest BCUT2D eigenvalue weighted by Crippen LogP contribution is 2.65. The largest absolute Gasteiger partial charge is 0.370 e. The van der Waals surface area contributed by atoms with Gasteiger partial charge in [-0.05, 0) is 86.4 Å². The predicted octanol–water partition coefficient (Wildman–Crippen LogP) is 5.50. The molecule has 1 aliphatic heterocycles. The van der Waals surface area contributed by atoms with E-state index >= 15 is 0 Å². The van der Waals surface area contributed by atoms with E-state index in [4.69, 9.17) is 4.74 Å². The van der Waals surface area contributed by atoms with Gasteiger partial charge in [-0.2, -0.15) is 0 Å². The molecule has 5 atom stereocenters. The zero-order valence-electron chi connectivity index (χ0n) is 14.7. The Hall–Kier alpha value is -0.300. The molecule has 1 spiro atoms. The van der Waals surface area contributed by atoms with Crippen LogP contribution in [0.25, 0.3) is 0 Å². The minimum absolute atomic E-state index is 0.353. The third-order valence-electron chi connectivity index (χ3n) is 8.76. The Morgan fingerprint density at radius 1 is 0.955 bits per heavy atom. The van der Waals surface area contributed by atoms with Crippen LogP contribution in [0, 0.1) is 28.6 Å². The number of ether oxygens (including phenoxy) is 1. The molecule has 5 rings (SSSR count). The van der Waals surface area contributed by atoms with Crippen LogP contribution in [0.2, 0.25) is 0 Å². The maximum Gasteiger partial charge on any atom is 0.0919 e. The van der Waals surface area contributed by atoms with Gasteiger partial charge in [0, 0.05) is 0 Å². The first-order valence-corrected chi connectivity index (χ1v) is 9.80. The van der Waals surface area contributed by atoms with E-state index in [0.29, 0.717) is 16.4 Å². The van der Waals surface area contributed by atoms with Gasteiger partial charge in [0.05, 0.1) is 12.2 Å². The van der Waals surface area contributed by atoms with Crippen molar-refractivity contribution in [3.8, 4) is 0 Å². The number of rotatable bonds is 0. The summed E-state index contributed by atoms with van der Waals surface area (Å²) in [5, 5.41) is 0. The van der Waals surface area contributed by atoms with E-state index in [1.165, 1.54) is 57.8 Å². The van der Waals surface area contributed by atoms with Crippen LogP contribution >= 0.6 is 0 Å². The van der Waals surface area contributed by atoms with Crippen molar-refractivity contribution in [3.05, 3.63) is 11.1 Å². The number of hydrogen-bond acceptors (Lipinski definition) is 1. The van der Waals surface area contributed by atoms with Crippen molar-refractivity contribution in [2.45, 2.75) is 84.2 Å². The molecule has 0 amide bonds. The van der Waals surface area contributed by atoms with E-state index in [1.54, 1.807) is 0 Å². The van der Waals surface area contributed by atoms with Crippen LogP contribution in [-0.4, -0.2) is 12.2 Å². The van der Waals surface area contributed by atoms with E-state index in [2.05, 4.69) is 20.8 Å². The Balaban J connectivity index is 1.47. The Morgan fingerprint density at radius 3 is 2.55 bits per heavy atom. The standard InChI is InChI=1S/C21H32O/c1-19(2)9-8-16-15-5-4-14-12-21(13-22-21)11-10-20(14,3)18(15)7-6-17(16)19/h14-15,18H,4-13H2,1-3H3/t14-,15-,18-,20+,21-/m1/s1. The number of fused-ring (bicyclic) bond motifs is 4. The smallest absolute Gasteiger partial charge is 0.0919 e. The van der Waals surface area contributed by atoms with Crippen molar-refractivity contribution in [2.75, 3.05) is 6.61 Å². The second-order valence-electron chi connectivity index (χ2n) is 10.1. The molecule has 1 heterocycles. The molecule has 0 bridgehead atoms. The SMILES string of the molecule is CC1(C)CCC2=C1CC[C@@H]1[C@@H]2CC[C@@H]2C[C@]3(CC[C@@]21C)CO3. The summed E-state index contributed by atoms with van der Waals surface area (Å²) < 4.78 is 5.85. The number of allylic oxidation sites excluding steroid dienone is 2. The summed E-state index contributed by atoms with van der Waals surface area (Å²) in [6, 6.07) is 0. The van der Waals surface area contributed by atoms with Gasteiger partial charge >= 0.3 is 0 Å². The lowest BCUT2D eigenvalue weighted by molar-refractivity contribution is -0.0547. The monoisotopic (exact) mass is 300 g/mol. The van der Waals surface area contributed by atoms with Gasteiger partial charge < -0.3 is 4.74 Å². The zero-order valence-corrected chi connectivity index (χ0v) is 14.7. The minimum atomic E-state index is 0.353. The molecule has 1 saturated heterocycles. The molecule has 0 unspecified atom stereocenters. The van der Waals surface area contributed by atoms with Crippen molar-refractivity contribution in [1.82, 2.24) is 0 Å². The molecule has 0 aromatic heterocycles. The average molecular weight is 300 g/mol. The Bertz CT molecular complexity index is 538. The van der Waals surface area contributed by atoms with Crippen LogP contribution in [0.3, 0.4) is 0 Å². The van der Waals surface area contributed by atoms with E-state index in [9.17, 15) is 0 Å². The molecule has 1 nitrogen and oxygen atoms in total. The van der Waals surface area contributed by atoms with Gasteiger partial charge in [-0.25, -0.2) is 0 Å². The molecular formula is C21H32O. The van der Waals surface area contributed by atoms with Crippen LogP contribution in [0.15, 0.2) is 11.1 Å². The highest BCUT2D eigenvalue weighted by Gasteiger charge is 2.59. The van der Waals surface area contributed by atoms with Crippen molar-refractivity contribution in [1.29, 1.82) is 0 Å². The molecule has 1 heteroatoms. The highest BCUT2D eigenvalue weighted by atomic mass is 16.6. The maximum absolute atomic E-state index is 5.85. The lowest BCUT2D eigenvalue weighted by Gasteiger charge is -2.57. The number of hydrogen-bond donors (Lipinski definition) is 0. The molecule has 122 valence electrons. The van der Waals surface area contributed by atoms with Crippen LogP contribution in [-0.2, 0) is 4.74 Å². The van der Waals surface area contributed by atoms with Crippen molar-refractivity contribution in [3.63, 3.8) is 0 Å². The fourth-order valence-electron chi connectivity index (χ4n) is 7.15. The van der Waals surface area contributed by atoms with Gasteiger partial charge in [-0.3, -0.25) is 0 Å². The summed E-state index contributed by atoms with van der Waals surface area (Å²) >= 11 is 0. The summed E-state index contributed by atoms with van der Waals surface area (Å²) in [6.45, 7) is 8.72. The Morgan fingerprint density at radius 2 is 1.77 bits per heavy atom. The van der Waals surface area contributed by atoms with Crippen LogP contribution in [0.4, 0.5) is 0 Å². The Labute approximate surface area is 135 Å². The van der Waals surface area contributed by atoms with E-state index in [-0.39, 0.29) is 0 Å². The van der Waals surface area contributed by atoms with E-state index in [1.807, 2.05) is 11.1 Å². The molecule has 0 radical (unpaired) electrons. The highest BCUT2D eigenvalue weighted by molar-refractivity contribution is 5.33. The summed E-state index contributed by atoms with van der Waals surface area (Å²) in [5.41, 5.74) is 5.30. The number of epoxide rings is 1. The molecule has 0 N–H and O–H groups in total. The fraction of sp³-hybridized carbons (Fsp3) is 0.905. The normalized spacial score (nSPS) is 52.2. The second kappa shape index (κ2) is 4.21. The van der Waals surface area contributed by atoms with Gasteiger partial charge in [0.2, 0.25) is 0 Å². The molecule has 0 aromatic rings. The van der Waals surface area contributed by atoms with Crippen molar-refractivity contribution in [2.24, 2.45) is 28.6 Å². The fourth-order valence-corrected chi connectivity index (χ4v) is 7.15. The summed E-state index contributed by atoms with van der Waals surface area (Å²) in [6.07, 6.45) is 12.8. The topological polar surface area (TPSA) is 12.5 Å². The van der Waals surface area contributed by atoms with Gasteiger partial charge in [0.15, 0.2) is 0 Å². The molecule has 0 aromatic carbocycles. The van der Waals surface area contributed by atoms with Crippen LogP contribution in [0.5, 0.6) is 0 Å². The summed E-state index contributed by atoms with van der Waals surface area (Å²) in [5.74, 6) is 2.87. The van der Waals surface area contributed by atoms with Gasteiger partial charge in [0.1, 0.15) is 0 Å². The third kappa shape index (κ3) is 1.75. The lowest BCUT2D eigenvalue weighted by atomic mass is 9.48. The quantitative estimate of drug-likeness (QED) is 0.425. The minimum Gasteiger partial charge on any atom is -0.370 e. The molecule has 3 fully saturated rings. The van der Waals surface area contributed by atoms with E-state index in [0.717, 1.165) is 24.4 Å². The lowest BCUT2D eigenvalue weighted by Crippen LogP contribution is -2.50. The van der Waals surface area contributed by atoms with Gasteiger partial charge in [-0.15, -0.1) is 0 Å². The zero-order chi connectivity index (χ0) is 15.2. The van der Waals surface area contributed by atoms with Crippen LogP contribution in [0.1, 0.15) is 78.6 Å². The first kappa shape index (κ1) is 14.1. The molecule has 2 saturated carbocycles. The summed E-state index contributed by atoms with van der Waals surface area (Å²) in [7, 11) is 0. The second-order valence-corrected chi connectivity index (χ2v) is 10.1.